The van der Waals surface area contributed by atoms with E-state index in [1.807, 2.05) is 36.4 Å². The van der Waals surface area contributed by atoms with Gasteiger partial charge in [-0.1, -0.05) is 24.3 Å². The molecule has 5 heteroatoms. The molecule has 0 aliphatic carbocycles. The van der Waals surface area contributed by atoms with Gasteiger partial charge in [-0.05, 0) is 22.9 Å². The van der Waals surface area contributed by atoms with Crippen LogP contribution in [0, 0.1) is 0 Å². The van der Waals surface area contributed by atoms with Crippen LogP contribution in [0.15, 0.2) is 36.4 Å². The van der Waals surface area contributed by atoms with Crippen molar-refractivity contribution in [2.24, 2.45) is 0 Å². The van der Waals surface area contributed by atoms with Crippen LogP contribution in [0.2, 0.25) is 0 Å². The SMILES string of the molecule is OB(O)c1nc2cc3ccccc3cc2s1. The number of thiazole rings is 1. The molecule has 0 saturated heterocycles. The van der Waals surface area contributed by atoms with Gasteiger partial charge in [0, 0.05) is 0 Å². The highest BCUT2D eigenvalue weighted by Crippen LogP contribution is 2.23. The van der Waals surface area contributed by atoms with Crippen LogP contribution in [-0.4, -0.2) is 22.2 Å². The predicted molar refractivity (Wildman–Crippen MR) is 67.0 cm³/mol. The zero-order chi connectivity index (χ0) is 11.1. The van der Waals surface area contributed by atoms with E-state index in [9.17, 15) is 0 Å². The van der Waals surface area contributed by atoms with E-state index >= 15 is 0 Å². The Kier molecular flexibility index (Phi) is 2.17. The third-order valence-corrected chi connectivity index (χ3v) is 3.55. The molecule has 0 saturated carbocycles. The number of fused-ring (bicyclic) bond motifs is 2. The lowest BCUT2D eigenvalue weighted by atomic mass is 9.94. The van der Waals surface area contributed by atoms with Crippen LogP contribution in [0.25, 0.3) is 21.0 Å². The Balaban J connectivity index is 2.34. The summed E-state index contributed by atoms with van der Waals surface area (Å²) in [7, 11) is -1.49. The van der Waals surface area contributed by atoms with Crippen molar-refractivity contribution in [3.63, 3.8) is 0 Å². The van der Waals surface area contributed by atoms with Gasteiger partial charge in [-0.15, -0.1) is 11.3 Å². The minimum absolute atomic E-state index is 0.338. The number of hydrogen-bond acceptors (Lipinski definition) is 4. The summed E-state index contributed by atoms with van der Waals surface area (Å²) in [5, 5.41) is 20.4. The minimum Gasteiger partial charge on any atom is -0.422 e. The largest absolute Gasteiger partial charge is 0.519 e. The van der Waals surface area contributed by atoms with Crippen molar-refractivity contribution < 1.29 is 10.0 Å². The smallest absolute Gasteiger partial charge is 0.422 e. The standard InChI is InChI=1S/C11H8BNO2S/c14-12(15)11-13-9-5-7-3-1-2-4-8(7)6-10(9)16-11/h1-6,14-15H. The summed E-state index contributed by atoms with van der Waals surface area (Å²) in [5.74, 6) is 0. The van der Waals surface area contributed by atoms with Crippen LogP contribution in [0.5, 0.6) is 0 Å². The van der Waals surface area contributed by atoms with Crippen molar-refractivity contribution in [1.82, 2.24) is 4.98 Å². The van der Waals surface area contributed by atoms with Gasteiger partial charge in [0.25, 0.3) is 0 Å². The van der Waals surface area contributed by atoms with Crippen LogP contribution in [0.1, 0.15) is 0 Å². The van der Waals surface area contributed by atoms with Gasteiger partial charge in [0.05, 0.1) is 10.2 Å². The van der Waals surface area contributed by atoms with Gasteiger partial charge >= 0.3 is 7.12 Å². The molecule has 0 fully saturated rings. The number of hydrogen-bond donors (Lipinski definition) is 2. The second-order valence-corrected chi connectivity index (χ2v) is 4.66. The first-order valence-corrected chi connectivity index (χ1v) is 5.71. The maximum Gasteiger partial charge on any atom is 0.519 e. The number of nitrogens with zero attached hydrogens (tertiary/aromatic N) is 1. The molecular weight excluding hydrogens is 221 g/mol. The van der Waals surface area contributed by atoms with Crippen molar-refractivity contribution in [3.8, 4) is 0 Å². The van der Waals surface area contributed by atoms with E-state index in [0.717, 1.165) is 21.0 Å². The zero-order valence-electron chi connectivity index (χ0n) is 8.29. The Morgan fingerprint density at radius 3 is 2.44 bits per heavy atom. The molecule has 1 aromatic heterocycles. The van der Waals surface area contributed by atoms with E-state index in [-0.39, 0.29) is 0 Å². The fraction of sp³-hybridized carbons (Fsp3) is 0. The van der Waals surface area contributed by atoms with Gasteiger partial charge < -0.3 is 10.0 Å². The third kappa shape index (κ3) is 1.49. The molecule has 0 unspecified atom stereocenters. The molecule has 0 amide bonds. The molecule has 0 radical (unpaired) electrons. The fourth-order valence-electron chi connectivity index (χ4n) is 1.74. The van der Waals surface area contributed by atoms with Crippen molar-refractivity contribution in [2.45, 2.75) is 0 Å². The summed E-state index contributed by atoms with van der Waals surface area (Å²) >= 11 is 1.31. The molecule has 16 heavy (non-hydrogen) atoms. The van der Waals surface area contributed by atoms with Crippen LogP contribution >= 0.6 is 11.3 Å². The van der Waals surface area contributed by atoms with E-state index in [2.05, 4.69) is 4.98 Å². The predicted octanol–water partition coefficient (Wildman–Crippen LogP) is 1.13. The van der Waals surface area contributed by atoms with Crippen molar-refractivity contribution >= 4 is 44.4 Å². The van der Waals surface area contributed by atoms with E-state index in [1.54, 1.807) is 0 Å². The molecule has 2 N–H and O–H groups in total. The van der Waals surface area contributed by atoms with Crippen molar-refractivity contribution in [2.75, 3.05) is 0 Å². The molecule has 3 nitrogen and oxygen atoms in total. The van der Waals surface area contributed by atoms with Crippen LogP contribution in [0.3, 0.4) is 0 Å². The maximum atomic E-state index is 9.07. The first kappa shape index (κ1) is 9.78. The molecule has 78 valence electrons. The Morgan fingerprint density at radius 2 is 1.75 bits per heavy atom. The summed E-state index contributed by atoms with van der Waals surface area (Å²) in [6.07, 6.45) is 0. The first-order chi connectivity index (χ1) is 7.74. The molecule has 0 bridgehead atoms. The summed E-state index contributed by atoms with van der Waals surface area (Å²) in [5.41, 5.74) is 0.812. The molecule has 0 aliphatic rings. The van der Waals surface area contributed by atoms with Gasteiger partial charge in [-0.2, -0.15) is 0 Å². The molecule has 0 aliphatic heterocycles. The highest BCUT2D eigenvalue weighted by molar-refractivity contribution is 7.27. The first-order valence-electron chi connectivity index (χ1n) is 4.89. The normalized spacial score (nSPS) is 11.1. The van der Waals surface area contributed by atoms with Gasteiger partial charge in [-0.25, -0.2) is 4.98 Å². The minimum atomic E-state index is -1.49. The molecular formula is C11H8BNO2S. The lowest BCUT2D eigenvalue weighted by molar-refractivity contribution is 0.425. The third-order valence-electron chi connectivity index (χ3n) is 2.49. The summed E-state index contributed by atoms with van der Waals surface area (Å²) in [4.78, 5) is 4.52. The average Bonchev–Trinajstić information content (AvgIpc) is 2.68. The number of rotatable bonds is 1. The van der Waals surface area contributed by atoms with E-state index in [1.165, 1.54) is 11.3 Å². The Morgan fingerprint density at radius 1 is 1.06 bits per heavy atom. The summed E-state index contributed by atoms with van der Waals surface area (Å²) in [6, 6.07) is 12.0. The van der Waals surface area contributed by atoms with Crippen LogP contribution in [0.4, 0.5) is 0 Å². The Hall–Kier alpha value is -1.43. The molecule has 2 aromatic carbocycles. The number of benzene rings is 2. The molecule has 0 spiro atoms. The Bertz CT molecular complexity index is 613. The fourth-order valence-corrected chi connectivity index (χ4v) is 2.61. The van der Waals surface area contributed by atoms with Gasteiger partial charge in [0.2, 0.25) is 0 Å². The lowest BCUT2D eigenvalue weighted by Crippen LogP contribution is -2.28. The van der Waals surface area contributed by atoms with Crippen LogP contribution in [-0.2, 0) is 0 Å². The topological polar surface area (TPSA) is 53.4 Å². The van der Waals surface area contributed by atoms with Gasteiger partial charge in [-0.3, -0.25) is 0 Å². The van der Waals surface area contributed by atoms with E-state index in [4.69, 9.17) is 10.0 Å². The highest BCUT2D eigenvalue weighted by Gasteiger charge is 2.16. The van der Waals surface area contributed by atoms with Crippen molar-refractivity contribution in [3.05, 3.63) is 36.4 Å². The van der Waals surface area contributed by atoms with Crippen molar-refractivity contribution in [1.29, 1.82) is 0 Å². The quantitative estimate of drug-likeness (QED) is 0.615. The monoisotopic (exact) mass is 229 g/mol. The van der Waals surface area contributed by atoms with E-state index < -0.39 is 7.12 Å². The second-order valence-electron chi connectivity index (χ2n) is 3.59. The van der Waals surface area contributed by atoms with Gasteiger partial charge in [0.15, 0.2) is 0 Å². The summed E-state index contributed by atoms with van der Waals surface area (Å²) < 4.78 is 0.974. The molecule has 3 aromatic rings. The molecule has 0 atom stereocenters. The molecule has 1 heterocycles. The van der Waals surface area contributed by atoms with E-state index in [0.29, 0.717) is 4.91 Å². The number of aromatic nitrogens is 1. The lowest BCUT2D eigenvalue weighted by Gasteiger charge is -1.95. The Labute approximate surface area is 96.1 Å². The average molecular weight is 229 g/mol. The van der Waals surface area contributed by atoms with Crippen LogP contribution < -0.4 is 4.91 Å². The summed E-state index contributed by atoms with van der Waals surface area (Å²) in [6.45, 7) is 0. The molecule has 3 rings (SSSR count). The zero-order valence-corrected chi connectivity index (χ0v) is 9.11. The maximum absolute atomic E-state index is 9.07. The highest BCUT2D eigenvalue weighted by atomic mass is 32.1. The second kappa shape index (κ2) is 3.55. The van der Waals surface area contributed by atoms with Gasteiger partial charge in [0.1, 0.15) is 4.91 Å².